The van der Waals surface area contributed by atoms with E-state index in [0.717, 1.165) is 10.6 Å². The largest absolute Gasteiger partial charge is 0.398 e. The number of benzene rings is 3. The van der Waals surface area contributed by atoms with E-state index in [-0.39, 0.29) is 5.99 Å². The lowest BCUT2D eigenvalue weighted by atomic mass is 9.62. The zero-order valence-electron chi connectivity index (χ0n) is 11.6. The number of hydrogen-bond donors (Lipinski definition) is 1. The van der Waals surface area contributed by atoms with Crippen molar-refractivity contribution >= 4 is 34.2 Å². The van der Waals surface area contributed by atoms with Gasteiger partial charge in [0.15, 0.2) is 0 Å². The first-order valence-corrected chi connectivity index (χ1v) is 7.83. The van der Waals surface area contributed by atoms with Crippen LogP contribution >= 0.6 is 11.6 Å². The molecule has 0 bridgehead atoms. The number of nitrogen functional groups attached to an aromatic ring is 1. The molecule has 3 heteroatoms. The second-order valence-electron chi connectivity index (χ2n) is 4.86. The van der Waals surface area contributed by atoms with Gasteiger partial charge >= 0.3 is 0 Å². The molecule has 3 aromatic rings. The third kappa shape index (κ3) is 3.31. The van der Waals surface area contributed by atoms with Crippen molar-refractivity contribution in [3.05, 3.63) is 84.9 Å². The molecule has 0 radical (unpaired) electrons. The molecule has 1 nitrogen and oxygen atoms in total. The maximum atomic E-state index is 6.10. The van der Waals surface area contributed by atoms with Crippen LogP contribution in [0.3, 0.4) is 0 Å². The van der Waals surface area contributed by atoms with Crippen molar-refractivity contribution < 1.29 is 0 Å². The van der Waals surface area contributed by atoms with Gasteiger partial charge in [-0.1, -0.05) is 83.7 Å². The number of nitrogens with two attached hydrogens (primary N) is 1. The molecule has 0 atom stereocenters. The second-order valence-corrected chi connectivity index (χ2v) is 6.00. The highest BCUT2D eigenvalue weighted by Gasteiger charge is 2.21. The van der Waals surface area contributed by atoms with Crippen molar-refractivity contribution in [2.75, 3.05) is 5.73 Å². The Morgan fingerprint density at radius 3 is 1.62 bits per heavy atom. The van der Waals surface area contributed by atoms with E-state index >= 15 is 0 Å². The lowest BCUT2D eigenvalue weighted by Crippen LogP contribution is -2.39. The average Bonchev–Trinajstić information content (AvgIpc) is 2.56. The molecule has 0 fully saturated rings. The molecule has 0 amide bonds. The van der Waals surface area contributed by atoms with Crippen molar-refractivity contribution in [1.29, 1.82) is 0 Å². The first kappa shape index (κ1) is 13.8. The molecule has 0 aliphatic heterocycles. The first-order valence-electron chi connectivity index (χ1n) is 6.95. The van der Waals surface area contributed by atoms with Crippen LogP contribution in [0.25, 0.3) is 0 Å². The maximum Gasteiger partial charge on any atom is 0.280 e. The van der Waals surface area contributed by atoms with Crippen LogP contribution in [0.15, 0.2) is 89.8 Å². The van der Waals surface area contributed by atoms with Crippen LogP contribution in [-0.4, -0.2) is 5.99 Å². The van der Waals surface area contributed by atoms with Gasteiger partial charge in [0.25, 0.3) is 5.99 Å². The van der Waals surface area contributed by atoms with Gasteiger partial charge in [-0.25, -0.2) is 0 Å². The van der Waals surface area contributed by atoms with Gasteiger partial charge < -0.3 is 5.73 Å². The summed E-state index contributed by atoms with van der Waals surface area (Å²) < 4.78 is 0. The van der Waals surface area contributed by atoms with Gasteiger partial charge in [-0.05, 0) is 12.1 Å². The van der Waals surface area contributed by atoms with E-state index < -0.39 is 0 Å². The Labute approximate surface area is 130 Å². The molecule has 3 aromatic carbocycles. The highest BCUT2D eigenvalue weighted by atomic mass is 32.2. The summed E-state index contributed by atoms with van der Waals surface area (Å²) in [5, 5.41) is 0. The van der Waals surface area contributed by atoms with Gasteiger partial charge in [-0.3, -0.25) is 0 Å². The van der Waals surface area contributed by atoms with E-state index in [1.165, 1.54) is 10.9 Å². The van der Waals surface area contributed by atoms with Crippen molar-refractivity contribution in [2.24, 2.45) is 0 Å². The Kier molecular flexibility index (Phi) is 4.32. The van der Waals surface area contributed by atoms with Crippen LogP contribution in [0.2, 0.25) is 0 Å². The quantitative estimate of drug-likeness (QED) is 0.590. The molecule has 2 N–H and O–H groups in total. The molecule has 0 saturated carbocycles. The molecule has 0 spiro atoms. The lowest BCUT2D eigenvalue weighted by Gasteiger charge is -2.15. The van der Waals surface area contributed by atoms with Crippen LogP contribution in [-0.2, 0) is 0 Å². The zero-order valence-corrected chi connectivity index (χ0v) is 12.5. The summed E-state index contributed by atoms with van der Waals surface area (Å²) >= 11 is 1.80. The van der Waals surface area contributed by atoms with E-state index in [1.54, 1.807) is 11.6 Å². The minimum atomic E-state index is 0.247. The minimum absolute atomic E-state index is 0.247. The third-order valence-electron chi connectivity index (χ3n) is 3.37. The van der Waals surface area contributed by atoms with E-state index in [0.29, 0.717) is 0 Å². The highest BCUT2D eigenvalue weighted by Crippen LogP contribution is 2.26. The molecule has 0 unspecified atom stereocenters. The second kappa shape index (κ2) is 6.55. The van der Waals surface area contributed by atoms with Crippen molar-refractivity contribution in [2.45, 2.75) is 4.90 Å². The van der Waals surface area contributed by atoms with Gasteiger partial charge in [0.2, 0.25) is 0 Å². The first-order chi connectivity index (χ1) is 10.3. The minimum Gasteiger partial charge on any atom is -0.398 e. The maximum absolute atomic E-state index is 6.10. The Morgan fingerprint density at radius 1 is 0.619 bits per heavy atom. The summed E-state index contributed by atoms with van der Waals surface area (Å²) in [6, 6.07) is 29.2. The Balaban J connectivity index is 1.99. The summed E-state index contributed by atoms with van der Waals surface area (Å²) in [5.74, 6) is 0.247. The van der Waals surface area contributed by atoms with E-state index in [9.17, 15) is 0 Å². The molecule has 0 aliphatic rings. The molecular weight excluding hydrogens is 273 g/mol. The Hall–Kier alpha value is -2.13. The SMILES string of the molecule is Nc1ccccc1SB(c1ccccc1)c1ccccc1. The van der Waals surface area contributed by atoms with Crippen LogP contribution in [0.4, 0.5) is 5.69 Å². The molecule has 3 rings (SSSR count). The van der Waals surface area contributed by atoms with Crippen LogP contribution < -0.4 is 16.7 Å². The number of rotatable bonds is 4. The summed E-state index contributed by atoms with van der Waals surface area (Å²) in [7, 11) is 0. The monoisotopic (exact) mass is 289 g/mol. The predicted octanol–water partition coefficient (Wildman–Crippen LogP) is 3.17. The summed E-state index contributed by atoms with van der Waals surface area (Å²) in [6.07, 6.45) is 0. The Bertz CT molecular complexity index is 661. The van der Waals surface area contributed by atoms with Gasteiger partial charge in [0.1, 0.15) is 0 Å². The fourth-order valence-corrected chi connectivity index (χ4v) is 3.50. The van der Waals surface area contributed by atoms with Crippen LogP contribution in [0, 0.1) is 0 Å². The van der Waals surface area contributed by atoms with E-state index in [2.05, 4.69) is 54.6 Å². The predicted molar refractivity (Wildman–Crippen MR) is 94.6 cm³/mol. The van der Waals surface area contributed by atoms with Crippen molar-refractivity contribution in [3.8, 4) is 0 Å². The lowest BCUT2D eigenvalue weighted by molar-refractivity contribution is 1.47. The van der Waals surface area contributed by atoms with Gasteiger partial charge in [-0.15, -0.1) is 0 Å². The molecule has 0 aromatic heterocycles. The summed E-state index contributed by atoms with van der Waals surface area (Å²) in [6.45, 7) is 0. The van der Waals surface area contributed by atoms with Gasteiger partial charge in [0, 0.05) is 10.6 Å². The zero-order chi connectivity index (χ0) is 14.5. The molecule has 0 heterocycles. The average molecular weight is 289 g/mol. The standard InChI is InChI=1S/C18H16BNS/c20-17-13-7-8-14-18(17)21-19(15-9-3-1-4-10-15)16-11-5-2-6-12-16/h1-14H,20H2. The van der Waals surface area contributed by atoms with Crippen LogP contribution in [0.1, 0.15) is 0 Å². The van der Waals surface area contributed by atoms with Crippen molar-refractivity contribution in [1.82, 2.24) is 0 Å². The van der Waals surface area contributed by atoms with E-state index in [4.69, 9.17) is 5.73 Å². The van der Waals surface area contributed by atoms with E-state index in [1.807, 2.05) is 30.3 Å². The molecule has 0 saturated heterocycles. The van der Waals surface area contributed by atoms with Crippen molar-refractivity contribution in [3.63, 3.8) is 0 Å². The summed E-state index contributed by atoms with van der Waals surface area (Å²) in [5.41, 5.74) is 9.51. The molecule has 0 aliphatic carbocycles. The molecule has 102 valence electrons. The smallest absolute Gasteiger partial charge is 0.280 e. The Morgan fingerprint density at radius 2 is 1.10 bits per heavy atom. The number of para-hydroxylation sites is 1. The molecule has 21 heavy (non-hydrogen) atoms. The topological polar surface area (TPSA) is 26.0 Å². The van der Waals surface area contributed by atoms with Gasteiger partial charge in [-0.2, -0.15) is 11.6 Å². The van der Waals surface area contributed by atoms with Gasteiger partial charge in [0.05, 0.1) is 0 Å². The third-order valence-corrected chi connectivity index (χ3v) is 4.77. The number of hydrogen-bond acceptors (Lipinski definition) is 2. The highest BCUT2D eigenvalue weighted by molar-refractivity contribution is 8.28. The summed E-state index contributed by atoms with van der Waals surface area (Å²) in [4.78, 5) is 1.12. The molecular formula is C18H16BNS. The van der Waals surface area contributed by atoms with Crippen LogP contribution in [0.5, 0.6) is 0 Å². The number of anilines is 1. The fraction of sp³-hybridized carbons (Fsp3) is 0. The normalized spacial score (nSPS) is 10.3. The fourth-order valence-electron chi connectivity index (χ4n) is 2.30.